The van der Waals surface area contributed by atoms with Gasteiger partial charge in [0.1, 0.15) is 11.8 Å². The van der Waals surface area contributed by atoms with E-state index in [1.54, 1.807) is 23.1 Å². The first kappa shape index (κ1) is 25.3. The zero-order chi connectivity index (χ0) is 24.2. The van der Waals surface area contributed by atoms with E-state index < -0.39 is 6.04 Å². The molecule has 0 aromatic heterocycles. The van der Waals surface area contributed by atoms with Crippen molar-refractivity contribution in [2.75, 3.05) is 13.2 Å². The quantitative estimate of drug-likeness (QED) is 0.360. The fraction of sp³-hybridized carbons (Fsp3) is 0.286. The molecule has 34 heavy (non-hydrogen) atoms. The van der Waals surface area contributed by atoms with Crippen LogP contribution in [0.25, 0.3) is 0 Å². The van der Waals surface area contributed by atoms with Crippen LogP contribution in [0.4, 0.5) is 0 Å². The Hall–Kier alpha value is -3.31. The molecule has 0 fully saturated rings. The van der Waals surface area contributed by atoms with Gasteiger partial charge in [0.15, 0.2) is 6.61 Å². The van der Waals surface area contributed by atoms with Crippen LogP contribution in [-0.4, -0.2) is 35.9 Å². The summed E-state index contributed by atoms with van der Waals surface area (Å²) < 4.78 is 5.74. The lowest BCUT2D eigenvalue weighted by atomic mass is 10.0. The lowest BCUT2D eigenvalue weighted by Crippen LogP contribution is -2.51. The summed E-state index contributed by atoms with van der Waals surface area (Å²) in [6.45, 7) is 2.72. The maximum absolute atomic E-state index is 13.5. The number of ether oxygens (including phenoxy) is 1. The average molecular weight is 479 g/mol. The number of amides is 2. The van der Waals surface area contributed by atoms with Crippen LogP contribution in [0.2, 0.25) is 5.02 Å². The summed E-state index contributed by atoms with van der Waals surface area (Å²) in [5.41, 5.74) is 1.82. The van der Waals surface area contributed by atoms with Gasteiger partial charge in [0, 0.05) is 24.5 Å². The van der Waals surface area contributed by atoms with E-state index in [0.29, 0.717) is 23.7 Å². The van der Waals surface area contributed by atoms with Crippen molar-refractivity contribution in [3.05, 3.63) is 101 Å². The molecule has 1 N–H and O–H groups in total. The number of nitrogens with one attached hydrogen (secondary N) is 1. The van der Waals surface area contributed by atoms with E-state index in [0.717, 1.165) is 24.0 Å². The lowest BCUT2D eigenvalue weighted by Gasteiger charge is -2.31. The molecule has 1 atom stereocenters. The normalized spacial score (nSPS) is 11.5. The van der Waals surface area contributed by atoms with Crippen LogP contribution >= 0.6 is 11.6 Å². The molecule has 2 amide bonds. The summed E-state index contributed by atoms with van der Waals surface area (Å²) in [5.74, 6) is 0.161. The van der Waals surface area contributed by atoms with Gasteiger partial charge < -0.3 is 15.0 Å². The summed E-state index contributed by atoms with van der Waals surface area (Å²) in [7, 11) is 0. The van der Waals surface area contributed by atoms with E-state index in [9.17, 15) is 9.59 Å². The van der Waals surface area contributed by atoms with Crippen molar-refractivity contribution < 1.29 is 14.3 Å². The predicted octanol–water partition coefficient (Wildman–Crippen LogP) is 5.28. The molecule has 0 aliphatic carbocycles. The molecule has 3 aromatic rings. The van der Waals surface area contributed by atoms with Crippen LogP contribution in [0.1, 0.15) is 30.9 Å². The zero-order valence-electron chi connectivity index (χ0n) is 19.5. The van der Waals surface area contributed by atoms with Crippen molar-refractivity contribution in [1.29, 1.82) is 0 Å². The van der Waals surface area contributed by atoms with Crippen molar-refractivity contribution in [3.63, 3.8) is 0 Å². The number of rotatable bonds is 12. The highest BCUT2D eigenvalue weighted by molar-refractivity contribution is 6.30. The standard InChI is InChI=1S/C28H31ClN2O3/c1-2-3-17-30-28(33)26(19-22-11-6-4-7-12-22)31(20-23-13-10-14-24(29)18-23)27(32)21-34-25-15-8-5-9-16-25/h4-16,18,26H,2-3,17,19-21H2,1H3,(H,30,33). The number of nitrogens with zero attached hydrogens (tertiary/aromatic N) is 1. The Kier molecular flexibility index (Phi) is 9.98. The van der Waals surface area contributed by atoms with Crippen molar-refractivity contribution in [3.8, 4) is 5.75 Å². The van der Waals surface area contributed by atoms with E-state index >= 15 is 0 Å². The van der Waals surface area contributed by atoms with Gasteiger partial charge in [-0.05, 0) is 41.8 Å². The third kappa shape index (κ3) is 7.92. The topological polar surface area (TPSA) is 58.6 Å². The number of carbonyl (C=O) groups is 2. The molecule has 3 rings (SSSR count). The molecule has 1 unspecified atom stereocenters. The van der Waals surface area contributed by atoms with Crippen LogP contribution in [0.3, 0.4) is 0 Å². The molecule has 0 spiro atoms. The molecule has 3 aromatic carbocycles. The van der Waals surface area contributed by atoms with Gasteiger partial charge in [-0.15, -0.1) is 0 Å². The van der Waals surface area contributed by atoms with Gasteiger partial charge in [-0.25, -0.2) is 0 Å². The molecule has 0 saturated heterocycles. The largest absolute Gasteiger partial charge is 0.484 e. The smallest absolute Gasteiger partial charge is 0.261 e. The molecule has 5 nitrogen and oxygen atoms in total. The van der Waals surface area contributed by atoms with Crippen molar-refractivity contribution >= 4 is 23.4 Å². The molecule has 178 valence electrons. The van der Waals surface area contributed by atoms with Crippen LogP contribution in [0.15, 0.2) is 84.9 Å². The molecule has 0 heterocycles. The predicted molar refractivity (Wildman–Crippen MR) is 136 cm³/mol. The third-order valence-corrected chi connectivity index (χ3v) is 5.68. The van der Waals surface area contributed by atoms with Gasteiger partial charge in [-0.2, -0.15) is 0 Å². The second kappa shape index (κ2) is 13.4. The fourth-order valence-corrected chi connectivity index (χ4v) is 3.85. The van der Waals surface area contributed by atoms with Crippen molar-refractivity contribution in [1.82, 2.24) is 10.2 Å². The van der Waals surface area contributed by atoms with Crippen LogP contribution < -0.4 is 10.1 Å². The van der Waals surface area contributed by atoms with Crippen molar-refractivity contribution in [2.24, 2.45) is 0 Å². The number of unbranched alkanes of at least 4 members (excludes halogenated alkanes) is 1. The Morgan fingerprint density at radius 1 is 0.941 bits per heavy atom. The maximum Gasteiger partial charge on any atom is 0.261 e. The van der Waals surface area contributed by atoms with Gasteiger partial charge in [0.05, 0.1) is 0 Å². The number of carbonyl (C=O) groups excluding carboxylic acids is 2. The van der Waals surface area contributed by atoms with E-state index in [4.69, 9.17) is 16.3 Å². The van der Waals surface area contributed by atoms with Gasteiger partial charge >= 0.3 is 0 Å². The first-order chi connectivity index (χ1) is 16.6. The van der Waals surface area contributed by atoms with E-state index in [1.807, 2.05) is 66.7 Å². The Balaban J connectivity index is 1.87. The minimum Gasteiger partial charge on any atom is -0.484 e. The minimum absolute atomic E-state index is 0.169. The summed E-state index contributed by atoms with van der Waals surface area (Å²) in [5, 5.41) is 3.59. The maximum atomic E-state index is 13.5. The number of hydrogen-bond acceptors (Lipinski definition) is 3. The van der Waals surface area contributed by atoms with Gasteiger partial charge in [-0.1, -0.05) is 85.6 Å². The van der Waals surface area contributed by atoms with Crippen LogP contribution in [0, 0.1) is 0 Å². The Morgan fingerprint density at radius 2 is 1.62 bits per heavy atom. The van der Waals surface area contributed by atoms with Gasteiger partial charge in [-0.3, -0.25) is 9.59 Å². The molecule has 0 aliphatic heterocycles. The zero-order valence-corrected chi connectivity index (χ0v) is 20.2. The second-order valence-electron chi connectivity index (χ2n) is 8.10. The third-order valence-electron chi connectivity index (χ3n) is 5.45. The molecular formula is C28H31ClN2O3. The lowest BCUT2D eigenvalue weighted by molar-refractivity contribution is -0.142. The minimum atomic E-state index is -0.690. The molecule has 6 heteroatoms. The summed E-state index contributed by atoms with van der Waals surface area (Å²) >= 11 is 6.20. The summed E-state index contributed by atoms with van der Waals surface area (Å²) in [6.07, 6.45) is 2.25. The van der Waals surface area contributed by atoms with Gasteiger partial charge in [0.25, 0.3) is 5.91 Å². The Bertz CT molecular complexity index is 1040. The highest BCUT2D eigenvalue weighted by Gasteiger charge is 2.30. The monoisotopic (exact) mass is 478 g/mol. The first-order valence-electron chi connectivity index (χ1n) is 11.6. The number of benzene rings is 3. The number of para-hydroxylation sites is 1. The summed E-state index contributed by atoms with van der Waals surface area (Å²) in [6, 6.07) is 25.6. The fourth-order valence-electron chi connectivity index (χ4n) is 3.64. The SMILES string of the molecule is CCCCNC(=O)C(Cc1ccccc1)N(Cc1cccc(Cl)c1)C(=O)COc1ccccc1. The Labute approximate surface area is 206 Å². The van der Waals surface area contributed by atoms with E-state index in [2.05, 4.69) is 12.2 Å². The highest BCUT2D eigenvalue weighted by Crippen LogP contribution is 2.18. The molecule has 0 aliphatic rings. The number of hydrogen-bond donors (Lipinski definition) is 1. The van der Waals surface area contributed by atoms with Crippen LogP contribution in [0.5, 0.6) is 5.75 Å². The number of halogens is 1. The van der Waals surface area contributed by atoms with Crippen LogP contribution in [-0.2, 0) is 22.6 Å². The highest BCUT2D eigenvalue weighted by atomic mass is 35.5. The second-order valence-corrected chi connectivity index (χ2v) is 8.54. The molecule has 0 saturated carbocycles. The average Bonchev–Trinajstić information content (AvgIpc) is 2.86. The van der Waals surface area contributed by atoms with Crippen molar-refractivity contribution in [2.45, 2.75) is 38.8 Å². The summed E-state index contributed by atoms with van der Waals surface area (Å²) in [4.78, 5) is 28.4. The molecule has 0 radical (unpaired) electrons. The molecular weight excluding hydrogens is 448 g/mol. The molecule has 0 bridgehead atoms. The van der Waals surface area contributed by atoms with E-state index in [-0.39, 0.29) is 25.0 Å². The van der Waals surface area contributed by atoms with E-state index in [1.165, 1.54) is 0 Å². The Morgan fingerprint density at radius 3 is 2.29 bits per heavy atom. The van der Waals surface area contributed by atoms with Gasteiger partial charge in [0.2, 0.25) is 5.91 Å². The first-order valence-corrected chi connectivity index (χ1v) is 12.0.